The van der Waals surface area contributed by atoms with Gasteiger partial charge in [-0.15, -0.1) is 0 Å². The van der Waals surface area contributed by atoms with Crippen molar-refractivity contribution in [2.75, 3.05) is 31.9 Å². The van der Waals surface area contributed by atoms with Crippen molar-refractivity contribution in [3.63, 3.8) is 0 Å². The van der Waals surface area contributed by atoms with E-state index < -0.39 is 10.0 Å². The fraction of sp³-hybridized carbons (Fsp3) is 1.00. The van der Waals surface area contributed by atoms with E-state index in [-0.39, 0.29) is 0 Å². The maximum atomic E-state index is 12.3. The van der Waals surface area contributed by atoms with E-state index in [0.29, 0.717) is 11.7 Å². The molecular formula is C13H26N2O2S. The monoisotopic (exact) mass is 274 g/mol. The highest BCUT2D eigenvalue weighted by atomic mass is 32.2. The van der Waals surface area contributed by atoms with Crippen LogP contribution in [0.5, 0.6) is 0 Å². The van der Waals surface area contributed by atoms with E-state index in [4.69, 9.17) is 0 Å². The van der Waals surface area contributed by atoms with E-state index in [1.165, 1.54) is 6.42 Å². The average Bonchev–Trinajstić information content (AvgIpc) is 2.39. The summed E-state index contributed by atoms with van der Waals surface area (Å²) in [6.07, 6.45) is 5.42. The molecule has 4 nitrogen and oxygen atoms in total. The standard InChI is InChI=1S/C13H26N2O2S/c1-2-12-5-8-15(9-6-12)18(16,17)11-13-4-3-7-14-10-13/h12-14H,2-11H2,1H3. The predicted molar refractivity (Wildman–Crippen MR) is 74.0 cm³/mol. The van der Waals surface area contributed by atoms with E-state index in [9.17, 15) is 8.42 Å². The second kappa shape index (κ2) is 6.35. The molecule has 0 amide bonds. The molecule has 0 bridgehead atoms. The molecule has 2 heterocycles. The molecule has 0 aromatic heterocycles. The molecule has 5 heteroatoms. The van der Waals surface area contributed by atoms with Crippen LogP contribution in [0.1, 0.15) is 39.0 Å². The van der Waals surface area contributed by atoms with E-state index in [1.807, 2.05) is 0 Å². The molecule has 2 aliphatic rings. The fourth-order valence-electron chi connectivity index (χ4n) is 3.07. The summed E-state index contributed by atoms with van der Waals surface area (Å²) in [4.78, 5) is 0. The van der Waals surface area contributed by atoms with Gasteiger partial charge in [-0.25, -0.2) is 12.7 Å². The molecule has 1 N–H and O–H groups in total. The van der Waals surface area contributed by atoms with Gasteiger partial charge in [0.2, 0.25) is 10.0 Å². The first-order chi connectivity index (χ1) is 8.62. The Bertz CT molecular complexity index is 342. The fourth-order valence-corrected chi connectivity index (χ4v) is 4.92. The van der Waals surface area contributed by atoms with Gasteiger partial charge in [0.05, 0.1) is 5.75 Å². The SMILES string of the molecule is CCC1CCN(S(=O)(=O)CC2CCCNC2)CC1. The summed E-state index contributed by atoms with van der Waals surface area (Å²) in [5.74, 6) is 1.39. The molecule has 0 aromatic carbocycles. The van der Waals surface area contributed by atoms with Crippen molar-refractivity contribution in [2.45, 2.75) is 39.0 Å². The molecule has 2 aliphatic heterocycles. The van der Waals surface area contributed by atoms with Crippen molar-refractivity contribution in [3.8, 4) is 0 Å². The molecule has 0 spiro atoms. The van der Waals surface area contributed by atoms with Gasteiger partial charge in [0.15, 0.2) is 0 Å². The van der Waals surface area contributed by atoms with Crippen LogP contribution in [0.25, 0.3) is 0 Å². The first-order valence-electron chi connectivity index (χ1n) is 7.30. The number of nitrogens with one attached hydrogen (secondary N) is 1. The third-order valence-electron chi connectivity index (χ3n) is 4.39. The third-order valence-corrected chi connectivity index (χ3v) is 6.43. The second-order valence-corrected chi connectivity index (χ2v) is 7.76. The second-order valence-electron chi connectivity index (χ2n) is 5.74. The van der Waals surface area contributed by atoms with Crippen LogP contribution in [0.15, 0.2) is 0 Å². The Hall–Kier alpha value is -0.130. The average molecular weight is 274 g/mol. The van der Waals surface area contributed by atoms with Crippen LogP contribution < -0.4 is 5.32 Å². The summed E-state index contributed by atoms with van der Waals surface area (Å²) in [6, 6.07) is 0. The van der Waals surface area contributed by atoms with Gasteiger partial charge in [-0.2, -0.15) is 0 Å². The van der Waals surface area contributed by atoms with Gasteiger partial charge in [-0.05, 0) is 50.6 Å². The van der Waals surface area contributed by atoms with Gasteiger partial charge >= 0.3 is 0 Å². The normalized spacial score (nSPS) is 28.4. The molecule has 2 fully saturated rings. The van der Waals surface area contributed by atoms with Gasteiger partial charge in [0, 0.05) is 13.1 Å². The minimum atomic E-state index is -3.02. The predicted octanol–water partition coefficient (Wildman–Crippen LogP) is 1.44. The molecule has 1 unspecified atom stereocenters. The Kier molecular flexibility index (Phi) is 5.04. The lowest BCUT2D eigenvalue weighted by atomic mass is 9.96. The number of hydrogen-bond acceptors (Lipinski definition) is 3. The molecule has 0 aromatic rings. The highest BCUT2D eigenvalue weighted by molar-refractivity contribution is 7.89. The zero-order valence-electron chi connectivity index (χ0n) is 11.4. The van der Waals surface area contributed by atoms with Gasteiger partial charge in [-0.3, -0.25) is 0 Å². The third kappa shape index (κ3) is 3.68. The van der Waals surface area contributed by atoms with Crippen molar-refractivity contribution in [3.05, 3.63) is 0 Å². The Labute approximate surface area is 111 Å². The number of hydrogen-bond donors (Lipinski definition) is 1. The largest absolute Gasteiger partial charge is 0.316 e. The number of nitrogens with zero attached hydrogens (tertiary/aromatic N) is 1. The number of rotatable bonds is 4. The molecule has 18 heavy (non-hydrogen) atoms. The molecule has 0 aliphatic carbocycles. The Morgan fingerprint density at radius 3 is 2.44 bits per heavy atom. The Balaban J connectivity index is 1.86. The topological polar surface area (TPSA) is 49.4 Å². The van der Waals surface area contributed by atoms with Gasteiger partial charge < -0.3 is 5.32 Å². The van der Waals surface area contributed by atoms with Crippen LogP contribution in [0.4, 0.5) is 0 Å². The molecule has 2 rings (SSSR count). The summed E-state index contributed by atoms with van der Waals surface area (Å²) in [5.41, 5.74) is 0. The number of piperidine rings is 2. The lowest BCUT2D eigenvalue weighted by Gasteiger charge is -2.32. The first-order valence-corrected chi connectivity index (χ1v) is 8.91. The van der Waals surface area contributed by atoms with Crippen LogP contribution in [0, 0.1) is 11.8 Å². The van der Waals surface area contributed by atoms with E-state index >= 15 is 0 Å². The maximum Gasteiger partial charge on any atom is 0.214 e. The van der Waals surface area contributed by atoms with Crippen LogP contribution >= 0.6 is 0 Å². The van der Waals surface area contributed by atoms with Crippen molar-refractivity contribution in [1.29, 1.82) is 0 Å². The van der Waals surface area contributed by atoms with E-state index in [0.717, 1.165) is 57.8 Å². The summed E-state index contributed by atoms with van der Waals surface area (Å²) >= 11 is 0. The van der Waals surface area contributed by atoms with Crippen molar-refractivity contribution >= 4 is 10.0 Å². The molecule has 106 valence electrons. The smallest absolute Gasteiger partial charge is 0.214 e. The highest BCUT2D eigenvalue weighted by Crippen LogP contribution is 2.23. The lowest BCUT2D eigenvalue weighted by molar-refractivity contribution is 0.266. The number of sulfonamides is 1. The summed E-state index contributed by atoms with van der Waals surface area (Å²) in [7, 11) is -3.02. The minimum absolute atomic E-state index is 0.313. The zero-order valence-corrected chi connectivity index (χ0v) is 12.2. The zero-order chi connectivity index (χ0) is 13.0. The molecular weight excluding hydrogens is 248 g/mol. The van der Waals surface area contributed by atoms with Gasteiger partial charge in [-0.1, -0.05) is 13.3 Å². The van der Waals surface area contributed by atoms with E-state index in [2.05, 4.69) is 12.2 Å². The summed E-state index contributed by atoms with van der Waals surface area (Å²) in [5, 5.41) is 3.29. The summed E-state index contributed by atoms with van der Waals surface area (Å²) < 4.78 is 26.4. The molecule has 0 saturated carbocycles. The Morgan fingerprint density at radius 1 is 1.17 bits per heavy atom. The maximum absolute atomic E-state index is 12.3. The highest BCUT2D eigenvalue weighted by Gasteiger charge is 2.30. The van der Waals surface area contributed by atoms with Gasteiger partial charge in [0.25, 0.3) is 0 Å². The summed E-state index contributed by atoms with van der Waals surface area (Å²) in [6.45, 7) is 5.58. The minimum Gasteiger partial charge on any atom is -0.316 e. The quantitative estimate of drug-likeness (QED) is 0.844. The van der Waals surface area contributed by atoms with Crippen molar-refractivity contribution < 1.29 is 8.42 Å². The van der Waals surface area contributed by atoms with Crippen LogP contribution in [-0.4, -0.2) is 44.7 Å². The Morgan fingerprint density at radius 2 is 1.89 bits per heavy atom. The van der Waals surface area contributed by atoms with Gasteiger partial charge in [0.1, 0.15) is 0 Å². The van der Waals surface area contributed by atoms with Crippen molar-refractivity contribution in [2.24, 2.45) is 11.8 Å². The first kappa shape index (κ1) is 14.3. The van der Waals surface area contributed by atoms with Crippen LogP contribution in [0.2, 0.25) is 0 Å². The molecule has 2 saturated heterocycles. The van der Waals surface area contributed by atoms with Crippen LogP contribution in [-0.2, 0) is 10.0 Å². The molecule has 0 radical (unpaired) electrons. The molecule has 1 atom stereocenters. The lowest BCUT2D eigenvalue weighted by Crippen LogP contribution is -2.43. The van der Waals surface area contributed by atoms with Crippen molar-refractivity contribution in [1.82, 2.24) is 9.62 Å². The van der Waals surface area contributed by atoms with E-state index in [1.54, 1.807) is 4.31 Å². The van der Waals surface area contributed by atoms with Crippen LogP contribution in [0.3, 0.4) is 0 Å².